The second kappa shape index (κ2) is 5.44. The summed E-state index contributed by atoms with van der Waals surface area (Å²) in [6, 6.07) is 6.14. The normalized spacial score (nSPS) is 23.9. The van der Waals surface area contributed by atoms with E-state index in [1.807, 2.05) is 6.07 Å². The van der Waals surface area contributed by atoms with E-state index in [9.17, 15) is 4.79 Å². The summed E-state index contributed by atoms with van der Waals surface area (Å²) >= 11 is 0. The molecule has 1 unspecified atom stereocenters. The van der Waals surface area contributed by atoms with Crippen molar-refractivity contribution < 1.29 is 19.0 Å². The van der Waals surface area contributed by atoms with Crippen molar-refractivity contribution in [1.82, 2.24) is 0 Å². The predicted octanol–water partition coefficient (Wildman–Crippen LogP) is 2.23. The van der Waals surface area contributed by atoms with Crippen molar-refractivity contribution in [3.63, 3.8) is 0 Å². The number of carbonyl (C=O) groups is 1. The maximum absolute atomic E-state index is 11.3. The Kier molecular flexibility index (Phi) is 3.66. The lowest BCUT2D eigenvalue weighted by Crippen LogP contribution is -2.22. The van der Waals surface area contributed by atoms with Gasteiger partial charge >= 0.3 is 5.97 Å². The van der Waals surface area contributed by atoms with Crippen molar-refractivity contribution >= 4 is 5.97 Å². The van der Waals surface area contributed by atoms with Crippen molar-refractivity contribution in [2.75, 3.05) is 26.4 Å². The average molecular weight is 276 g/mol. The lowest BCUT2D eigenvalue weighted by Gasteiger charge is -2.22. The van der Waals surface area contributed by atoms with E-state index < -0.39 is 0 Å². The number of fused-ring (bicyclic) bond motifs is 2. The summed E-state index contributed by atoms with van der Waals surface area (Å²) in [7, 11) is 0. The average Bonchev–Trinajstić information content (AvgIpc) is 3.06. The molecule has 1 aliphatic heterocycles. The minimum absolute atomic E-state index is 0.0269. The van der Waals surface area contributed by atoms with Gasteiger partial charge in [-0.2, -0.15) is 0 Å². The minimum atomic E-state index is -0.325. The van der Waals surface area contributed by atoms with Crippen LogP contribution in [0, 0.1) is 0 Å². The van der Waals surface area contributed by atoms with Gasteiger partial charge in [0.25, 0.3) is 0 Å². The van der Waals surface area contributed by atoms with Crippen LogP contribution in [-0.4, -0.2) is 32.4 Å². The zero-order valence-electron chi connectivity index (χ0n) is 11.8. The number of carbonyl (C=O) groups excluding carboxylic acids is 1. The molecule has 0 saturated carbocycles. The number of esters is 1. The van der Waals surface area contributed by atoms with E-state index in [0.29, 0.717) is 6.61 Å². The van der Waals surface area contributed by atoms with Crippen molar-refractivity contribution in [3.8, 4) is 5.75 Å². The highest BCUT2D eigenvalue weighted by Gasteiger charge is 2.41. The monoisotopic (exact) mass is 276 g/mol. The number of benzene rings is 1. The summed E-state index contributed by atoms with van der Waals surface area (Å²) in [6.07, 6.45) is 3.34. The first-order valence-corrected chi connectivity index (χ1v) is 7.23. The molecule has 1 spiro atoms. The van der Waals surface area contributed by atoms with Crippen LogP contribution in [0.3, 0.4) is 0 Å². The third-order valence-corrected chi connectivity index (χ3v) is 4.29. The Balaban J connectivity index is 1.70. The second-order valence-corrected chi connectivity index (χ2v) is 5.50. The topological polar surface area (TPSA) is 44.8 Å². The van der Waals surface area contributed by atoms with Crippen LogP contribution >= 0.6 is 0 Å². The van der Waals surface area contributed by atoms with Crippen LogP contribution in [0.2, 0.25) is 0 Å². The lowest BCUT2D eigenvalue weighted by atomic mass is 9.81. The minimum Gasteiger partial charge on any atom is -0.482 e. The van der Waals surface area contributed by atoms with Crippen LogP contribution in [0.25, 0.3) is 0 Å². The van der Waals surface area contributed by atoms with Gasteiger partial charge in [-0.15, -0.1) is 0 Å². The van der Waals surface area contributed by atoms with Gasteiger partial charge in [-0.25, -0.2) is 4.79 Å². The number of ether oxygens (including phenoxy) is 3. The molecule has 0 aromatic heterocycles. The molecule has 1 fully saturated rings. The van der Waals surface area contributed by atoms with Crippen LogP contribution in [0.5, 0.6) is 5.75 Å². The molecule has 4 heteroatoms. The first kappa shape index (κ1) is 13.4. The highest BCUT2D eigenvalue weighted by molar-refractivity contribution is 5.71. The Morgan fingerprint density at radius 1 is 1.40 bits per heavy atom. The predicted molar refractivity (Wildman–Crippen MR) is 74.0 cm³/mol. The van der Waals surface area contributed by atoms with Crippen molar-refractivity contribution in [2.45, 2.75) is 31.6 Å². The first-order chi connectivity index (χ1) is 9.73. The molecule has 0 amide bonds. The van der Waals surface area contributed by atoms with E-state index >= 15 is 0 Å². The maximum Gasteiger partial charge on any atom is 0.344 e. The molecule has 1 atom stereocenters. The van der Waals surface area contributed by atoms with Crippen molar-refractivity contribution in [1.29, 1.82) is 0 Å². The zero-order valence-corrected chi connectivity index (χ0v) is 11.8. The molecular formula is C16H20O4. The fourth-order valence-corrected chi connectivity index (χ4v) is 3.25. The molecule has 1 saturated heterocycles. The van der Waals surface area contributed by atoms with E-state index in [-0.39, 0.29) is 18.0 Å². The molecule has 108 valence electrons. The fraction of sp³-hybridized carbons (Fsp3) is 0.562. The molecule has 0 N–H and O–H groups in total. The van der Waals surface area contributed by atoms with Crippen LogP contribution in [0.4, 0.5) is 0 Å². The van der Waals surface area contributed by atoms with Crippen molar-refractivity contribution in [3.05, 3.63) is 29.3 Å². The fourth-order valence-electron chi connectivity index (χ4n) is 3.25. The van der Waals surface area contributed by atoms with E-state index in [4.69, 9.17) is 14.2 Å². The molecule has 1 aliphatic carbocycles. The molecule has 1 heterocycles. The van der Waals surface area contributed by atoms with Gasteiger partial charge in [0.2, 0.25) is 0 Å². The zero-order chi connectivity index (χ0) is 14.0. The quantitative estimate of drug-likeness (QED) is 0.791. The van der Waals surface area contributed by atoms with Crippen LogP contribution in [-0.2, 0) is 26.1 Å². The number of aryl methyl sites for hydroxylation is 1. The van der Waals surface area contributed by atoms with Crippen LogP contribution in [0.1, 0.15) is 30.9 Å². The number of hydrogen-bond donors (Lipinski definition) is 0. The summed E-state index contributed by atoms with van der Waals surface area (Å²) in [4.78, 5) is 11.3. The van der Waals surface area contributed by atoms with E-state index in [1.165, 1.54) is 11.1 Å². The molecule has 2 aliphatic rings. The molecule has 20 heavy (non-hydrogen) atoms. The van der Waals surface area contributed by atoms with Gasteiger partial charge in [-0.3, -0.25) is 0 Å². The Bertz CT molecular complexity index is 503. The van der Waals surface area contributed by atoms with Crippen molar-refractivity contribution in [2.24, 2.45) is 0 Å². The van der Waals surface area contributed by atoms with Gasteiger partial charge in [-0.1, -0.05) is 6.07 Å². The maximum atomic E-state index is 11.3. The SMILES string of the molecule is CCOC(=O)COc1ccc2c(c1)CCC21CCOC1. The summed E-state index contributed by atoms with van der Waals surface area (Å²) in [5, 5.41) is 0. The smallest absolute Gasteiger partial charge is 0.344 e. The molecule has 4 nitrogen and oxygen atoms in total. The molecule has 3 rings (SSSR count). The number of hydrogen-bond acceptors (Lipinski definition) is 4. The van der Waals surface area contributed by atoms with Crippen LogP contribution < -0.4 is 4.74 Å². The largest absolute Gasteiger partial charge is 0.482 e. The van der Waals surface area contributed by atoms with E-state index in [1.54, 1.807) is 6.92 Å². The van der Waals surface area contributed by atoms with E-state index in [0.717, 1.165) is 38.2 Å². The Hall–Kier alpha value is -1.55. The van der Waals surface area contributed by atoms with Crippen LogP contribution in [0.15, 0.2) is 18.2 Å². The molecule has 0 radical (unpaired) electrons. The third-order valence-electron chi connectivity index (χ3n) is 4.29. The van der Waals surface area contributed by atoms with Gasteiger partial charge in [0.15, 0.2) is 6.61 Å². The standard InChI is InChI=1S/C16H20O4/c1-2-19-15(17)10-20-13-3-4-14-12(9-13)5-6-16(14)7-8-18-11-16/h3-4,9H,2,5-8,10-11H2,1H3. The summed E-state index contributed by atoms with van der Waals surface area (Å²) in [5.41, 5.74) is 2.96. The molecule has 1 aromatic rings. The lowest BCUT2D eigenvalue weighted by molar-refractivity contribution is -0.145. The Morgan fingerprint density at radius 2 is 2.30 bits per heavy atom. The second-order valence-electron chi connectivity index (χ2n) is 5.50. The molecular weight excluding hydrogens is 256 g/mol. The summed E-state index contributed by atoms with van der Waals surface area (Å²) in [6.45, 7) is 3.84. The Labute approximate surface area is 119 Å². The van der Waals surface area contributed by atoms with Gasteiger partial charge in [0, 0.05) is 12.0 Å². The van der Waals surface area contributed by atoms with Gasteiger partial charge in [0.05, 0.1) is 13.2 Å². The van der Waals surface area contributed by atoms with Gasteiger partial charge in [-0.05, 0) is 49.4 Å². The molecule has 1 aromatic carbocycles. The number of rotatable bonds is 4. The van der Waals surface area contributed by atoms with Gasteiger partial charge in [0.1, 0.15) is 5.75 Å². The van der Waals surface area contributed by atoms with E-state index in [2.05, 4.69) is 12.1 Å². The summed E-state index contributed by atoms with van der Waals surface area (Å²) in [5.74, 6) is 0.418. The summed E-state index contributed by atoms with van der Waals surface area (Å²) < 4.78 is 15.9. The molecule has 0 bridgehead atoms. The highest BCUT2D eigenvalue weighted by atomic mass is 16.6. The first-order valence-electron chi connectivity index (χ1n) is 7.23. The highest BCUT2D eigenvalue weighted by Crippen LogP contribution is 2.45. The Morgan fingerprint density at radius 3 is 3.05 bits per heavy atom. The third kappa shape index (κ3) is 2.40. The van der Waals surface area contributed by atoms with Gasteiger partial charge < -0.3 is 14.2 Å².